The number of rotatable bonds is 1. The summed E-state index contributed by atoms with van der Waals surface area (Å²) < 4.78 is 5.73. The van der Waals surface area contributed by atoms with Crippen molar-refractivity contribution in [1.82, 2.24) is 4.98 Å². The van der Waals surface area contributed by atoms with Crippen LogP contribution in [0.4, 0.5) is 0 Å². The number of carbonyl (C=O) groups is 1. The third-order valence-electron chi connectivity index (χ3n) is 1.18. The summed E-state index contributed by atoms with van der Waals surface area (Å²) in [6.07, 6.45) is 0. The summed E-state index contributed by atoms with van der Waals surface area (Å²) in [5.41, 5.74) is 0.464. The van der Waals surface area contributed by atoms with Crippen LogP contribution in [0.25, 0.3) is 0 Å². The molecule has 1 heterocycles. The number of carbonyl (C=O) groups excluding carboxylic acids is 1. The SMILES string of the molecule is COC(=O)c1cc(Br)nc(Br)c1. The maximum atomic E-state index is 11.0. The molecular weight excluding hydrogens is 290 g/mol. The van der Waals surface area contributed by atoms with Gasteiger partial charge in [-0.1, -0.05) is 0 Å². The topological polar surface area (TPSA) is 39.2 Å². The van der Waals surface area contributed by atoms with Gasteiger partial charge in [0.1, 0.15) is 9.21 Å². The highest BCUT2D eigenvalue weighted by molar-refractivity contribution is 9.11. The molecule has 0 atom stereocenters. The fourth-order valence-corrected chi connectivity index (χ4v) is 1.81. The fraction of sp³-hybridized carbons (Fsp3) is 0.143. The van der Waals surface area contributed by atoms with Crippen molar-refractivity contribution >= 4 is 37.8 Å². The van der Waals surface area contributed by atoms with Crippen LogP contribution in [0.3, 0.4) is 0 Å². The molecule has 0 fully saturated rings. The van der Waals surface area contributed by atoms with E-state index >= 15 is 0 Å². The van der Waals surface area contributed by atoms with Gasteiger partial charge >= 0.3 is 5.97 Å². The molecule has 0 spiro atoms. The van der Waals surface area contributed by atoms with Crippen molar-refractivity contribution in [3.05, 3.63) is 26.9 Å². The van der Waals surface area contributed by atoms with E-state index in [9.17, 15) is 4.79 Å². The number of methoxy groups -OCH3 is 1. The molecule has 1 aromatic rings. The first-order valence-corrected chi connectivity index (χ1v) is 4.63. The minimum Gasteiger partial charge on any atom is -0.465 e. The standard InChI is InChI=1S/C7H5Br2NO2/c1-12-7(11)4-2-5(8)10-6(9)3-4/h2-3H,1H3. The summed E-state index contributed by atoms with van der Waals surface area (Å²) in [4.78, 5) is 15.0. The number of ether oxygens (including phenoxy) is 1. The molecule has 1 aromatic heterocycles. The van der Waals surface area contributed by atoms with E-state index in [1.165, 1.54) is 7.11 Å². The number of halogens is 2. The van der Waals surface area contributed by atoms with Crippen molar-refractivity contribution in [2.45, 2.75) is 0 Å². The van der Waals surface area contributed by atoms with Crippen molar-refractivity contribution in [3.63, 3.8) is 0 Å². The predicted octanol–water partition coefficient (Wildman–Crippen LogP) is 2.39. The lowest BCUT2D eigenvalue weighted by atomic mass is 10.3. The minimum absolute atomic E-state index is 0.376. The Morgan fingerprint density at radius 3 is 2.33 bits per heavy atom. The zero-order valence-corrected chi connectivity index (χ0v) is 9.35. The minimum atomic E-state index is -0.376. The van der Waals surface area contributed by atoms with E-state index in [0.29, 0.717) is 14.8 Å². The van der Waals surface area contributed by atoms with Gasteiger partial charge in [0.15, 0.2) is 0 Å². The van der Waals surface area contributed by atoms with Gasteiger partial charge in [-0.25, -0.2) is 9.78 Å². The number of hydrogen-bond acceptors (Lipinski definition) is 3. The summed E-state index contributed by atoms with van der Waals surface area (Å²) in [6, 6.07) is 3.19. The molecular formula is C7H5Br2NO2. The molecule has 1 rings (SSSR count). The van der Waals surface area contributed by atoms with Crippen LogP contribution in [0.15, 0.2) is 21.3 Å². The largest absolute Gasteiger partial charge is 0.465 e. The molecule has 5 heteroatoms. The van der Waals surface area contributed by atoms with E-state index in [1.54, 1.807) is 12.1 Å². The van der Waals surface area contributed by atoms with Crippen LogP contribution in [-0.4, -0.2) is 18.1 Å². The lowest BCUT2D eigenvalue weighted by Gasteiger charge is -1.99. The maximum absolute atomic E-state index is 11.0. The first kappa shape index (κ1) is 9.67. The summed E-state index contributed by atoms with van der Waals surface area (Å²) in [7, 11) is 1.34. The van der Waals surface area contributed by atoms with Crippen molar-refractivity contribution in [2.75, 3.05) is 7.11 Å². The zero-order chi connectivity index (χ0) is 9.14. The molecule has 0 N–H and O–H groups in total. The zero-order valence-electron chi connectivity index (χ0n) is 6.17. The predicted molar refractivity (Wildman–Crippen MR) is 51.0 cm³/mol. The first-order chi connectivity index (χ1) is 5.63. The van der Waals surface area contributed by atoms with Crippen LogP contribution in [0.2, 0.25) is 0 Å². The summed E-state index contributed by atoms with van der Waals surface area (Å²) >= 11 is 6.32. The second kappa shape index (κ2) is 4.00. The van der Waals surface area contributed by atoms with Crippen LogP contribution in [0.1, 0.15) is 10.4 Å². The van der Waals surface area contributed by atoms with Crippen molar-refractivity contribution in [1.29, 1.82) is 0 Å². The Balaban J connectivity index is 3.08. The van der Waals surface area contributed by atoms with E-state index in [4.69, 9.17) is 0 Å². The molecule has 0 bridgehead atoms. The Bertz CT molecular complexity index is 294. The smallest absolute Gasteiger partial charge is 0.338 e. The van der Waals surface area contributed by atoms with E-state index in [1.807, 2.05) is 0 Å². The van der Waals surface area contributed by atoms with Gasteiger partial charge in [0.25, 0.3) is 0 Å². The van der Waals surface area contributed by atoms with Crippen LogP contribution in [0, 0.1) is 0 Å². The van der Waals surface area contributed by atoms with E-state index in [0.717, 1.165) is 0 Å². The average Bonchev–Trinajstić information content (AvgIpc) is 2.01. The Hall–Kier alpha value is -0.420. The molecule has 0 aliphatic rings. The van der Waals surface area contributed by atoms with Crippen molar-refractivity contribution < 1.29 is 9.53 Å². The number of nitrogens with zero attached hydrogens (tertiary/aromatic N) is 1. The number of aromatic nitrogens is 1. The Morgan fingerprint density at radius 2 is 1.92 bits per heavy atom. The normalized spacial score (nSPS) is 9.58. The lowest BCUT2D eigenvalue weighted by Crippen LogP contribution is -2.01. The highest BCUT2D eigenvalue weighted by Crippen LogP contribution is 2.16. The highest BCUT2D eigenvalue weighted by Gasteiger charge is 2.07. The monoisotopic (exact) mass is 293 g/mol. The van der Waals surface area contributed by atoms with Crippen molar-refractivity contribution in [2.24, 2.45) is 0 Å². The quantitative estimate of drug-likeness (QED) is 0.590. The lowest BCUT2D eigenvalue weighted by molar-refractivity contribution is 0.0600. The molecule has 0 saturated carbocycles. The van der Waals surface area contributed by atoms with Crippen LogP contribution in [-0.2, 0) is 4.74 Å². The molecule has 0 unspecified atom stereocenters. The second-order valence-electron chi connectivity index (χ2n) is 1.99. The van der Waals surface area contributed by atoms with E-state index in [2.05, 4.69) is 41.6 Å². The Labute approximate surface area is 86.4 Å². The van der Waals surface area contributed by atoms with E-state index < -0.39 is 0 Å². The number of pyridine rings is 1. The number of hydrogen-bond donors (Lipinski definition) is 0. The molecule has 64 valence electrons. The molecule has 0 saturated heterocycles. The summed E-state index contributed by atoms with van der Waals surface area (Å²) in [5.74, 6) is -0.376. The second-order valence-corrected chi connectivity index (χ2v) is 3.62. The summed E-state index contributed by atoms with van der Waals surface area (Å²) in [6.45, 7) is 0. The van der Waals surface area contributed by atoms with Crippen LogP contribution < -0.4 is 0 Å². The van der Waals surface area contributed by atoms with Crippen LogP contribution in [0.5, 0.6) is 0 Å². The highest BCUT2D eigenvalue weighted by atomic mass is 79.9. The molecule has 0 amide bonds. The molecule has 0 aliphatic heterocycles. The van der Waals surface area contributed by atoms with Crippen LogP contribution >= 0.6 is 31.9 Å². The molecule has 12 heavy (non-hydrogen) atoms. The first-order valence-electron chi connectivity index (χ1n) is 3.05. The Kier molecular flexibility index (Phi) is 3.22. The van der Waals surface area contributed by atoms with Gasteiger partial charge in [-0.05, 0) is 44.0 Å². The summed E-state index contributed by atoms with van der Waals surface area (Å²) in [5, 5.41) is 0. The molecule has 0 aromatic carbocycles. The van der Waals surface area contributed by atoms with Gasteiger partial charge in [0, 0.05) is 0 Å². The van der Waals surface area contributed by atoms with Gasteiger partial charge in [0.05, 0.1) is 12.7 Å². The third-order valence-corrected chi connectivity index (χ3v) is 2.00. The Morgan fingerprint density at radius 1 is 1.42 bits per heavy atom. The fourth-order valence-electron chi connectivity index (χ4n) is 0.701. The molecule has 3 nitrogen and oxygen atoms in total. The van der Waals surface area contributed by atoms with E-state index in [-0.39, 0.29) is 5.97 Å². The number of esters is 1. The third kappa shape index (κ3) is 2.28. The molecule has 0 radical (unpaired) electrons. The van der Waals surface area contributed by atoms with Gasteiger partial charge in [0.2, 0.25) is 0 Å². The maximum Gasteiger partial charge on any atom is 0.338 e. The van der Waals surface area contributed by atoms with Gasteiger partial charge in [-0.3, -0.25) is 0 Å². The van der Waals surface area contributed by atoms with Gasteiger partial charge < -0.3 is 4.74 Å². The van der Waals surface area contributed by atoms with Gasteiger partial charge in [-0.15, -0.1) is 0 Å². The van der Waals surface area contributed by atoms with Gasteiger partial charge in [-0.2, -0.15) is 0 Å². The average molecular weight is 295 g/mol. The van der Waals surface area contributed by atoms with Crippen molar-refractivity contribution in [3.8, 4) is 0 Å². The molecule has 0 aliphatic carbocycles.